The molecule has 0 spiro atoms. The Labute approximate surface area is 161 Å². The smallest absolute Gasteiger partial charge is 0.365 e. The molecule has 0 N–H and O–H groups in total. The zero-order valence-corrected chi connectivity index (χ0v) is 14.9. The molecule has 1 aliphatic carbocycles. The third kappa shape index (κ3) is 5.01. The Morgan fingerprint density at radius 1 is 0.679 bits per heavy atom. The molecule has 7 heteroatoms. The predicted molar refractivity (Wildman–Crippen MR) is 103 cm³/mol. The summed E-state index contributed by atoms with van der Waals surface area (Å²) in [7, 11) is 1.54. The number of rotatable bonds is 5. The fourth-order valence-electron chi connectivity index (χ4n) is 2.17. The molecule has 0 radical (unpaired) electrons. The van der Waals surface area contributed by atoms with E-state index in [4.69, 9.17) is 14.4 Å². The van der Waals surface area contributed by atoms with Crippen molar-refractivity contribution in [2.24, 2.45) is 10.3 Å². The van der Waals surface area contributed by atoms with Crippen molar-refractivity contribution in [1.82, 2.24) is 0 Å². The third-order valence-corrected chi connectivity index (χ3v) is 3.65. The Balaban J connectivity index is 1.55. The second-order valence-electron chi connectivity index (χ2n) is 5.55. The first-order chi connectivity index (χ1) is 13.7. The van der Waals surface area contributed by atoms with Crippen molar-refractivity contribution < 1.29 is 24.0 Å². The number of carbonyl (C=O) groups excluding carboxylic acids is 2. The van der Waals surface area contributed by atoms with E-state index in [0.717, 1.165) is 0 Å². The number of allylic oxidation sites excluding steroid dienone is 4. The molecule has 0 heterocycles. The van der Waals surface area contributed by atoms with Gasteiger partial charge in [-0.3, -0.25) is 0 Å². The molecule has 3 rings (SSSR count). The Morgan fingerprint density at radius 3 is 1.61 bits per heavy atom. The second kappa shape index (κ2) is 9.09. The van der Waals surface area contributed by atoms with E-state index in [2.05, 4.69) is 10.3 Å². The summed E-state index contributed by atoms with van der Waals surface area (Å²) in [5.74, 6) is -0.503. The van der Waals surface area contributed by atoms with Gasteiger partial charge in [0, 0.05) is 0 Å². The van der Waals surface area contributed by atoms with Crippen LogP contribution >= 0.6 is 0 Å². The molecule has 0 bridgehead atoms. The number of ether oxygens (including phenoxy) is 1. The normalized spacial score (nSPS) is 12.3. The molecule has 7 nitrogen and oxygen atoms in total. The maximum Gasteiger partial charge on any atom is 0.365 e. The predicted octanol–water partition coefficient (Wildman–Crippen LogP) is 3.55. The van der Waals surface area contributed by atoms with E-state index in [0.29, 0.717) is 28.3 Å². The zero-order valence-electron chi connectivity index (χ0n) is 14.9. The van der Waals surface area contributed by atoms with Crippen LogP contribution < -0.4 is 4.74 Å². The second-order valence-corrected chi connectivity index (χ2v) is 5.55. The minimum absolute atomic E-state index is 0.351. The highest BCUT2D eigenvalue weighted by Gasteiger charge is 2.09. The van der Waals surface area contributed by atoms with Crippen LogP contribution in [0.5, 0.6) is 5.75 Å². The lowest BCUT2D eigenvalue weighted by Gasteiger charge is -2.03. The molecule has 1 aliphatic rings. The first-order valence-electron chi connectivity index (χ1n) is 8.29. The number of hydrogen-bond acceptors (Lipinski definition) is 7. The molecular formula is C21H16N2O5. The topological polar surface area (TPSA) is 86.6 Å². The number of benzene rings is 2. The Kier molecular flexibility index (Phi) is 6.10. The van der Waals surface area contributed by atoms with Gasteiger partial charge in [0.25, 0.3) is 0 Å². The molecule has 0 saturated heterocycles. The quantitative estimate of drug-likeness (QED) is 0.452. The zero-order chi connectivity index (χ0) is 19.8. The van der Waals surface area contributed by atoms with Crippen LogP contribution in [0.2, 0.25) is 0 Å². The SMILES string of the molecule is COc1ccc(C(=O)ON=C2C=CC(=NOC(=O)c3ccccc3)C=C2)cc1. The van der Waals surface area contributed by atoms with E-state index < -0.39 is 11.9 Å². The third-order valence-electron chi connectivity index (χ3n) is 3.65. The number of carbonyl (C=O) groups is 2. The molecule has 2 aromatic carbocycles. The van der Waals surface area contributed by atoms with Gasteiger partial charge in [-0.1, -0.05) is 28.5 Å². The average molecular weight is 376 g/mol. The van der Waals surface area contributed by atoms with Gasteiger partial charge in [-0.15, -0.1) is 0 Å². The van der Waals surface area contributed by atoms with Crippen LogP contribution in [-0.2, 0) is 9.68 Å². The van der Waals surface area contributed by atoms with Gasteiger partial charge in [-0.05, 0) is 60.7 Å². The van der Waals surface area contributed by atoms with E-state index in [9.17, 15) is 9.59 Å². The number of nitrogens with zero attached hydrogens (tertiary/aromatic N) is 2. The van der Waals surface area contributed by atoms with Crippen LogP contribution in [0.3, 0.4) is 0 Å². The summed E-state index contributed by atoms with van der Waals surface area (Å²) >= 11 is 0. The highest BCUT2D eigenvalue weighted by molar-refractivity contribution is 6.18. The van der Waals surface area contributed by atoms with Gasteiger partial charge in [0.05, 0.1) is 18.2 Å². The highest BCUT2D eigenvalue weighted by Crippen LogP contribution is 2.12. The Hall–Kier alpha value is -4.00. The van der Waals surface area contributed by atoms with Crippen LogP contribution in [0, 0.1) is 0 Å². The summed E-state index contributed by atoms with van der Waals surface area (Å²) < 4.78 is 5.03. The van der Waals surface area contributed by atoms with Crippen molar-refractivity contribution in [3.8, 4) is 5.75 Å². The minimum atomic E-state index is -0.590. The fourth-order valence-corrected chi connectivity index (χ4v) is 2.17. The van der Waals surface area contributed by atoms with E-state index in [1.54, 1.807) is 86.0 Å². The van der Waals surface area contributed by atoms with Crippen LogP contribution in [0.1, 0.15) is 20.7 Å². The van der Waals surface area contributed by atoms with Crippen molar-refractivity contribution in [3.63, 3.8) is 0 Å². The molecule has 0 amide bonds. The van der Waals surface area contributed by atoms with Crippen molar-refractivity contribution >= 4 is 23.4 Å². The summed E-state index contributed by atoms with van der Waals surface area (Å²) in [4.78, 5) is 33.6. The van der Waals surface area contributed by atoms with Crippen LogP contribution in [0.15, 0.2) is 89.2 Å². The van der Waals surface area contributed by atoms with Gasteiger partial charge in [-0.25, -0.2) is 9.59 Å². The van der Waals surface area contributed by atoms with E-state index in [1.165, 1.54) is 0 Å². The first-order valence-corrected chi connectivity index (χ1v) is 8.29. The standard InChI is InChI=1S/C21H16N2O5/c1-26-19-13-7-16(8-14-19)21(25)28-23-18-11-9-17(10-12-18)22-27-20(24)15-5-3-2-4-6-15/h2-14H,1H3. The summed E-state index contributed by atoms with van der Waals surface area (Å²) in [5, 5.41) is 7.55. The van der Waals surface area contributed by atoms with Crippen molar-refractivity contribution in [1.29, 1.82) is 0 Å². The molecule has 28 heavy (non-hydrogen) atoms. The summed E-state index contributed by atoms with van der Waals surface area (Å²) in [5.41, 5.74) is 1.59. The molecule has 0 unspecified atom stereocenters. The summed E-state index contributed by atoms with van der Waals surface area (Å²) in [6.07, 6.45) is 6.32. The van der Waals surface area contributed by atoms with Gasteiger partial charge in [-0.2, -0.15) is 0 Å². The highest BCUT2D eigenvalue weighted by atomic mass is 16.7. The van der Waals surface area contributed by atoms with Gasteiger partial charge >= 0.3 is 11.9 Å². The monoisotopic (exact) mass is 376 g/mol. The molecule has 2 aromatic rings. The van der Waals surface area contributed by atoms with Crippen LogP contribution in [-0.4, -0.2) is 30.5 Å². The van der Waals surface area contributed by atoms with Crippen LogP contribution in [0.4, 0.5) is 0 Å². The maximum atomic E-state index is 12.0. The lowest BCUT2D eigenvalue weighted by atomic mass is 10.1. The van der Waals surface area contributed by atoms with Crippen LogP contribution in [0.25, 0.3) is 0 Å². The van der Waals surface area contributed by atoms with Crippen molar-refractivity contribution in [3.05, 3.63) is 90.0 Å². The van der Waals surface area contributed by atoms with Crippen molar-refractivity contribution in [2.75, 3.05) is 7.11 Å². The van der Waals surface area contributed by atoms with E-state index in [1.807, 2.05) is 0 Å². The molecule has 140 valence electrons. The van der Waals surface area contributed by atoms with Gasteiger partial charge in [0.1, 0.15) is 17.2 Å². The average Bonchev–Trinajstić information content (AvgIpc) is 2.77. The van der Waals surface area contributed by atoms with Crippen molar-refractivity contribution in [2.45, 2.75) is 0 Å². The summed E-state index contributed by atoms with van der Waals surface area (Å²) in [6, 6.07) is 15.0. The molecular weight excluding hydrogens is 360 g/mol. The number of hydrogen-bond donors (Lipinski definition) is 0. The maximum absolute atomic E-state index is 12.0. The number of methoxy groups -OCH3 is 1. The summed E-state index contributed by atoms with van der Waals surface area (Å²) in [6.45, 7) is 0. The lowest BCUT2D eigenvalue weighted by Crippen LogP contribution is -2.06. The molecule has 0 atom stereocenters. The molecule has 0 aliphatic heterocycles. The van der Waals surface area contributed by atoms with Gasteiger partial charge < -0.3 is 14.4 Å². The number of oxime groups is 2. The van der Waals surface area contributed by atoms with E-state index >= 15 is 0 Å². The first kappa shape index (κ1) is 18.8. The fraction of sp³-hybridized carbons (Fsp3) is 0.0476. The Bertz CT molecular complexity index is 956. The lowest BCUT2D eigenvalue weighted by molar-refractivity contribution is 0.0508. The molecule has 0 aromatic heterocycles. The largest absolute Gasteiger partial charge is 0.497 e. The molecule has 0 fully saturated rings. The minimum Gasteiger partial charge on any atom is -0.497 e. The van der Waals surface area contributed by atoms with Gasteiger partial charge in [0.15, 0.2) is 0 Å². The Morgan fingerprint density at radius 2 is 1.14 bits per heavy atom. The molecule has 0 saturated carbocycles. The van der Waals surface area contributed by atoms with E-state index in [-0.39, 0.29) is 0 Å². The van der Waals surface area contributed by atoms with Gasteiger partial charge in [0.2, 0.25) is 0 Å².